The van der Waals surface area contributed by atoms with Crippen LogP contribution in [0.15, 0.2) is 42.5 Å². The van der Waals surface area contributed by atoms with Crippen molar-refractivity contribution in [3.63, 3.8) is 0 Å². The van der Waals surface area contributed by atoms with E-state index in [0.717, 1.165) is 11.1 Å². The Hall–Kier alpha value is -2.54. The highest BCUT2D eigenvalue weighted by molar-refractivity contribution is 7.92. The highest BCUT2D eigenvalue weighted by Crippen LogP contribution is 2.27. The number of rotatable bonds is 8. The van der Waals surface area contributed by atoms with E-state index in [2.05, 4.69) is 23.9 Å². The molecule has 0 aromatic heterocycles. The van der Waals surface area contributed by atoms with E-state index in [4.69, 9.17) is 4.74 Å². The molecular weight excluding hydrogens is 364 g/mol. The van der Waals surface area contributed by atoms with Crippen LogP contribution in [0.3, 0.4) is 0 Å². The molecule has 6 nitrogen and oxygen atoms in total. The molecule has 0 saturated heterocycles. The van der Waals surface area contributed by atoms with Gasteiger partial charge in [-0.25, -0.2) is 8.42 Å². The van der Waals surface area contributed by atoms with Gasteiger partial charge in [-0.05, 0) is 61.2 Å². The van der Waals surface area contributed by atoms with Gasteiger partial charge in [0, 0.05) is 11.4 Å². The zero-order chi connectivity index (χ0) is 20.0. The number of anilines is 2. The van der Waals surface area contributed by atoms with Crippen molar-refractivity contribution >= 4 is 27.3 Å². The zero-order valence-corrected chi connectivity index (χ0v) is 16.9. The minimum atomic E-state index is -3.32. The van der Waals surface area contributed by atoms with Crippen molar-refractivity contribution in [1.82, 2.24) is 0 Å². The molecule has 2 rings (SSSR count). The van der Waals surface area contributed by atoms with Crippen molar-refractivity contribution in [3.05, 3.63) is 53.6 Å². The van der Waals surface area contributed by atoms with Crippen molar-refractivity contribution in [1.29, 1.82) is 0 Å². The number of hydrogen-bond donors (Lipinski definition) is 2. The summed E-state index contributed by atoms with van der Waals surface area (Å²) in [5.74, 6) is 0.723. The van der Waals surface area contributed by atoms with E-state index in [-0.39, 0.29) is 18.3 Å². The minimum absolute atomic E-state index is 0.000151. The second-order valence-electron chi connectivity index (χ2n) is 6.62. The molecule has 0 fully saturated rings. The number of carbonyl (C=O) groups excluding carboxylic acids is 1. The molecule has 0 saturated carbocycles. The van der Waals surface area contributed by atoms with Crippen LogP contribution >= 0.6 is 0 Å². The fourth-order valence-corrected chi connectivity index (χ4v) is 3.10. The number of carbonyl (C=O) groups is 1. The third kappa shape index (κ3) is 6.29. The fourth-order valence-electron chi connectivity index (χ4n) is 2.46. The van der Waals surface area contributed by atoms with Crippen LogP contribution in [-0.4, -0.2) is 26.7 Å². The third-order valence-corrected chi connectivity index (χ3v) is 5.28. The van der Waals surface area contributed by atoms with Crippen molar-refractivity contribution < 1.29 is 17.9 Å². The van der Waals surface area contributed by atoms with E-state index >= 15 is 0 Å². The van der Waals surface area contributed by atoms with Gasteiger partial charge in [0.05, 0.1) is 5.75 Å². The van der Waals surface area contributed by atoms with Gasteiger partial charge in [-0.2, -0.15) is 0 Å². The smallest absolute Gasteiger partial charge is 0.262 e. The summed E-state index contributed by atoms with van der Waals surface area (Å²) in [7, 11) is -3.32. The van der Waals surface area contributed by atoms with Crippen LogP contribution in [0.5, 0.6) is 5.75 Å². The lowest BCUT2D eigenvalue weighted by atomic mass is 10.0. The second-order valence-corrected chi connectivity index (χ2v) is 8.63. The molecule has 0 unspecified atom stereocenters. The van der Waals surface area contributed by atoms with Crippen molar-refractivity contribution in [2.24, 2.45) is 0 Å². The predicted molar refractivity (Wildman–Crippen MR) is 109 cm³/mol. The Morgan fingerprint density at radius 1 is 1.07 bits per heavy atom. The first-order valence-electron chi connectivity index (χ1n) is 8.84. The molecule has 0 heterocycles. The van der Waals surface area contributed by atoms with Gasteiger partial charge in [-0.3, -0.25) is 9.52 Å². The molecule has 0 aliphatic rings. The largest absolute Gasteiger partial charge is 0.483 e. The Morgan fingerprint density at radius 3 is 2.30 bits per heavy atom. The molecule has 1 amide bonds. The van der Waals surface area contributed by atoms with Crippen LogP contribution < -0.4 is 14.8 Å². The van der Waals surface area contributed by atoms with E-state index in [9.17, 15) is 13.2 Å². The summed E-state index contributed by atoms with van der Waals surface area (Å²) in [6.45, 7) is 7.59. The van der Waals surface area contributed by atoms with Gasteiger partial charge >= 0.3 is 0 Å². The van der Waals surface area contributed by atoms with Gasteiger partial charge in [0.25, 0.3) is 5.91 Å². The Morgan fingerprint density at radius 2 is 1.70 bits per heavy atom. The molecule has 146 valence electrons. The standard InChI is InChI=1S/C20H26N2O4S/c1-5-27(24,25)22-17-9-7-16(8-10-17)21-20(23)13-26-19-12-15(4)6-11-18(19)14(2)3/h6-12,14,22H,5,13H2,1-4H3,(H,21,23). The molecule has 27 heavy (non-hydrogen) atoms. The lowest BCUT2D eigenvalue weighted by Gasteiger charge is -2.15. The lowest BCUT2D eigenvalue weighted by molar-refractivity contribution is -0.118. The van der Waals surface area contributed by atoms with Crippen LogP contribution in [0.25, 0.3) is 0 Å². The summed E-state index contributed by atoms with van der Waals surface area (Å²) in [6.07, 6.45) is 0. The Balaban J connectivity index is 1.96. The quantitative estimate of drug-likeness (QED) is 0.716. The molecule has 2 N–H and O–H groups in total. The van der Waals surface area contributed by atoms with Gasteiger partial charge in [0.2, 0.25) is 10.0 Å². The third-order valence-electron chi connectivity index (χ3n) is 3.97. The average Bonchev–Trinajstić information content (AvgIpc) is 2.61. The van der Waals surface area contributed by atoms with Gasteiger partial charge in [0.15, 0.2) is 6.61 Å². The van der Waals surface area contributed by atoms with Crippen LogP contribution in [0.2, 0.25) is 0 Å². The first-order valence-corrected chi connectivity index (χ1v) is 10.5. The maximum atomic E-state index is 12.2. The first kappa shape index (κ1) is 20.8. The average molecular weight is 391 g/mol. The Kier molecular flexibility index (Phi) is 6.85. The molecular formula is C20H26N2O4S. The van der Waals surface area contributed by atoms with Crippen LogP contribution in [0, 0.1) is 6.92 Å². The summed E-state index contributed by atoms with van der Waals surface area (Å²) in [6, 6.07) is 12.4. The molecule has 0 radical (unpaired) electrons. The van der Waals surface area contributed by atoms with Gasteiger partial charge in [0.1, 0.15) is 5.75 Å². The van der Waals surface area contributed by atoms with Crippen LogP contribution in [-0.2, 0) is 14.8 Å². The highest BCUT2D eigenvalue weighted by atomic mass is 32.2. The number of ether oxygens (including phenoxy) is 1. The predicted octanol–water partition coefficient (Wildman–Crippen LogP) is 3.90. The number of aryl methyl sites for hydroxylation is 1. The van der Waals surface area contributed by atoms with E-state index in [0.29, 0.717) is 23.0 Å². The zero-order valence-electron chi connectivity index (χ0n) is 16.1. The Bertz CT molecular complexity index is 891. The van der Waals surface area contributed by atoms with Crippen LogP contribution in [0.4, 0.5) is 11.4 Å². The van der Waals surface area contributed by atoms with Crippen molar-refractivity contribution in [2.45, 2.75) is 33.6 Å². The summed E-state index contributed by atoms with van der Waals surface area (Å²) in [5.41, 5.74) is 3.14. The van der Waals surface area contributed by atoms with E-state index in [1.54, 1.807) is 31.2 Å². The molecule has 0 bridgehead atoms. The Labute approximate surface area is 161 Å². The lowest BCUT2D eigenvalue weighted by Crippen LogP contribution is -2.20. The fraction of sp³-hybridized carbons (Fsp3) is 0.350. The summed E-state index contributed by atoms with van der Waals surface area (Å²) in [4.78, 5) is 12.2. The summed E-state index contributed by atoms with van der Waals surface area (Å²) in [5, 5.41) is 2.74. The van der Waals surface area contributed by atoms with Crippen molar-refractivity contribution in [2.75, 3.05) is 22.4 Å². The second kappa shape index (κ2) is 8.90. The molecule has 2 aromatic carbocycles. The number of amides is 1. The monoisotopic (exact) mass is 390 g/mol. The molecule has 0 aliphatic carbocycles. The number of benzene rings is 2. The first-order chi connectivity index (χ1) is 12.7. The highest BCUT2D eigenvalue weighted by Gasteiger charge is 2.11. The van der Waals surface area contributed by atoms with Gasteiger partial charge in [-0.1, -0.05) is 26.0 Å². The van der Waals surface area contributed by atoms with E-state index < -0.39 is 10.0 Å². The number of hydrogen-bond acceptors (Lipinski definition) is 4. The molecule has 2 aromatic rings. The molecule has 0 spiro atoms. The van der Waals surface area contributed by atoms with E-state index in [1.165, 1.54) is 0 Å². The maximum Gasteiger partial charge on any atom is 0.262 e. The molecule has 0 aliphatic heterocycles. The normalized spacial score (nSPS) is 11.3. The van der Waals surface area contributed by atoms with Crippen molar-refractivity contribution in [3.8, 4) is 5.75 Å². The number of nitrogens with one attached hydrogen (secondary N) is 2. The molecule has 7 heteroatoms. The topological polar surface area (TPSA) is 84.5 Å². The van der Waals surface area contributed by atoms with Gasteiger partial charge in [-0.15, -0.1) is 0 Å². The minimum Gasteiger partial charge on any atom is -0.483 e. The summed E-state index contributed by atoms with van der Waals surface area (Å²) >= 11 is 0. The van der Waals surface area contributed by atoms with Crippen LogP contribution in [0.1, 0.15) is 37.8 Å². The summed E-state index contributed by atoms with van der Waals surface area (Å²) < 4.78 is 31.3. The number of sulfonamides is 1. The molecule has 0 atom stereocenters. The SMILES string of the molecule is CCS(=O)(=O)Nc1ccc(NC(=O)COc2cc(C)ccc2C(C)C)cc1. The van der Waals surface area contributed by atoms with Gasteiger partial charge < -0.3 is 10.1 Å². The maximum absolute atomic E-state index is 12.2. The van der Waals surface area contributed by atoms with E-state index in [1.807, 2.05) is 25.1 Å².